The first-order valence-corrected chi connectivity index (χ1v) is 7.86. The van der Waals surface area contributed by atoms with Crippen LogP contribution in [0.5, 0.6) is 0 Å². The summed E-state index contributed by atoms with van der Waals surface area (Å²) in [5.41, 5.74) is 1.07. The molecule has 5 heteroatoms. The first kappa shape index (κ1) is 14.2. The molecule has 2 fully saturated rings. The molecule has 3 nitrogen and oxygen atoms in total. The fourth-order valence-electron chi connectivity index (χ4n) is 2.93. The van der Waals surface area contributed by atoms with Gasteiger partial charge in [-0.25, -0.2) is 0 Å². The van der Waals surface area contributed by atoms with Gasteiger partial charge in [-0.15, -0.1) is 0 Å². The molecule has 1 saturated heterocycles. The van der Waals surface area contributed by atoms with Crippen LogP contribution in [0, 0.1) is 5.92 Å². The molecular formula is C15H18Cl2N2O. The Labute approximate surface area is 129 Å². The van der Waals surface area contributed by atoms with Gasteiger partial charge >= 0.3 is 0 Å². The van der Waals surface area contributed by atoms with Gasteiger partial charge in [0.25, 0.3) is 0 Å². The molecule has 1 aliphatic heterocycles. The van der Waals surface area contributed by atoms with Gasteiger partial charge in [-0.3, -0.25) is 4.79 Å². The summed E-state index contributed by atoms with van der Waals surface area (Å²) >= 11 is 12.0. The third-order valence-electron chi connectivity index (χ3n) is 4.08. The number of hydrogen-bond acceptors (Lipinski definition) is 2. The van der Waals surface area contributed by atoms with Gasteiger partial charge in [0, 0.05) is 28.5 Å². The van der Waals surface area contributed by atoms with Gasteiger partial charge < -0.3 is 10.6 Å². The summed E-state index contributed by atoms with van der Waals surface area (Å²) in [5, 5.41) is 7.72. The second-order valence-corrected chi connectivity index (χ2v) is 6.58. The smallest absolute Gasteiger partial charge is 0.224 e. The maximum Gasteiger partial charge on any atom is 0.224 e. The van der Waals surface area contributed by atoms with Crippen molar-refractivity contribution in [1.29, 1.82) is 0 Å². The molecule has 3 unspecified atom stereocenters. The van der Waals surface area contributed by atoms with Crippen LogP contribution in [-0.4, -0.2) is 25.0 Å². The monoisotopic (exact) mass is 312 g/mol. The Bertz CT molecular complexity index is 494. The predicted molar refractivity (Wildman–Crippen MR) is 81.3 cm³/mol. The highest BCUT2D eigenvalue weighted by Gasteiger charge is 2.44. The van der Waals surface area contributed by atoms with E-state index < -0.39 is 0 Å². The summed E-state index contributed by atoms with van der Waals surface area (Å²) in [6, 6.07) is 5.82. The molecular weight excluding hydrogens is 295 g/mol. The topological polar surface area (TPSA) is 41.1 Å². The van der Waals surface area contributed by atoms with E-state index in [1.54, 1.807) is 6.07 Å². The molecule has 1 saturated carbocycles. The van der Waals surface area contributed by atoms with Gasteiger partial charge in [0.1, 0.15) is 0 Å². The second-order valence-electron chi connectivity index (χ2n) is 5.70. The van der Waals surface area contributed by atoms with Crippen LogP contribution in [0.3, 0.4) is 0 Å². The van der Waals surface area contributed by atoms with E-state index in [4.69, 9.17) is 23.2 Å². The minimum absolute atomic E-state index is 0.0754. The van der Waals surface area contributed by atoms with Crippen molar-refractivity contribution in [2.45, 2.75) is 31.2 Å². The van der Waals surface area contributed by atoms with Crippen molar-refractivity contribution >= 4 is 29.1 Å². The molecule has 1 amide bonds. The van der Waals surface area contributed by atoms with Gasteiger partial charge in [-0.05, 0) is 55.5 Å². The number of halogens is 2. The summed E-state index contributed by atoms with van der Waals surface area (Å²) in [5.74, 6) is 0.508. The van der Waals surface area contributed by atoms with E-state index in [2.05, 4.69) is 10.6 Å². The molecule has 2 N–H and O–H groups in total. The molecule has 108 valence electrons. The maximum absolute atomic E-state index is 12.2. The normalized spacial score (nSPS) is 29.0. The van der Waals surface area contributed by atoms with Gasteiger partial charge in [-0.2, -0.15) is 0 Å². The van der Waals surface area contributed by atoms with Crippen LogP contribution in [0.2, 0.25) is 10.0 Å². The first-order chi connectivity index (χ1) is 9.63. The Morgan fingerprint density at radius 3 is 2.65 bits per heavy atom. The van der Waals surface area contributed by atoms with E-state index in [9.17, 15) is 4.79 Å². The highest BCUT2D eigenvalue weighted by Crippen LogP contribution is 2.48. The SMILES string of the molecule is O=C(NC1CCCNC1)C1CC1c1cc(Cl)cc(Cl)c1. The molecule has 1 aromatic rings. The van der Waals surface area contributed by atoms with Crippen molar-refractivity contribution in [2.75, 3.05) is 13.1 Å². The zero-order valence-electron chi connectivity index (χ0n) is 11.2. The molecule has 3 rings (SSSR count). The number of amides is 1. The zero-order chi connectivity index (χ0) is 14.1. The molecule has 0 radical (unpaired) electrons. The van der Waals surface area contributed by atoms with Crippen molar-refractivity contribution in [3.63, 3.8) is 0 Å². The molecule has 0 bridgehead atoms. The number of rotatable bonds is 3. The lowest BCUT2D eigenvalue weighted by atomic mass is 10.1. The lowest BCUT2D eigenvalue weighted by Crippen LogP contribution is -2.46. The van der Waals surface area contributed by atoms with Crippen LogP contribution < -0.4 is 10.6 Å². The molecule has 1 heterocycles. The molecule has 0 aromatic heterocycles. The quantitative estimate of drug-likeness (QED) is 0.901. The lowest BCUT2D eigenvalue weighted by Gasteiger charge is -2.23. The Morgan fingerprint density at radius 1 is 1.25 bits per heavy atom. The molecule has 1 aliphatic carbocycles. The van der Waals surface area contributed by atoms with Gasteiger partial charge in [0.05, 0.1) is 0 Å². The Morgan fingerprint density at radius 2 is 2.00 bits per heavy atom. The van der Waals surface area contributed by atoms with E-state index >= 15 is 0 Å². The van der Waals surface area contributed by atoms with E-state index in [1.165, 1.54) is 0 Å². The Hall–Kier alpha value is -0.770. The van der Waals surface area contributed by atoms with Crippen molar-refractivity contribution in [3.05, 3.63) is 33.8 Å². The molecule has 1 aromatic carbocycles. The highest BCUT2D eigenvalue weighted by atomic mass is 35.5. The fraction of sp³-hybridized carbons (Fsp3) is 0.533. The van der Waals surface area contributed by atoms with E-state index in [0.29, 0.717) is 10.0 Å². The zero-order valence-corrected chi connectivity index (χ0v) is 12.7. The van der Waals surface area contributed by atoms with Gasteiger partial charge in [0.15, 0.2) is 0 Å². The minimum atomic E-state index is 0.0754. The van der Waals surface area contributed by atoms with Crippen LogP contribution in [0.25, 0.3) is 0 Å². The second kappa shape index (κ2) is 5.92. The summed E-state index contributed by atoms with van der Waals surface area (Å²) in [4.78, 5) is 12.2. The van der Waals surface area contributed by atoms with Gasteiger partial charge in [-0.1, -0.05) is 23.2 Å². The lowest BCUT2D eigenvalue weighted by molar-refractivity contribution is -0.123. The van der Waals surface area contributed by atoms with Crippen molar-refractivity contribution in [3.8, 4) is 0 Å². The van der Waals surface area contributed by atoms with Crippen molar-refractivity contribution in [2.24, 2.45) is 5.92 Å². The summed E-state index contributed by atoms with van der Waals surface area (Å²) in [6.45, 7) is 1.94. The van der Waals surface area contributed by atoms with Crippen molar-refractivity contribution < 1.29 is 4.79 Å². The van der Waals surface area contributed by atoms with Crippen LogP contribution >= 0.6 is 23.2 Å². The Balaban J connectivity index is 1.59. The standard InChI is InChI=1S/C15H18Cl2N2O/c16-10-4-9(5-11(17)6-10)13-7-14(13)15(20)19-12-2-1-3-18-8-12/h4-6,12-14,18H,1-3,7-8H2,(H,19,20). The number of benzene rings is 1. The fourth-order valence-corrected chi connectivity index (χ4v) is 3.47. The van der Waals surface area contributed by atoms with E-state index in [1.807, 2.05) is 12.1 Å². The largest absolute Gasteiger partial charge is 0.352 e. The number of hydrogen-bond donors (Lipinski definition) is 2. The molecule has 20 heavy (non-hydrogen) atoms. The summed E-state index contributed by atoms with van der Waals surface area (Å²) in [6.07, 6.45) is 3.09. The average Bonchev–Trinajstić information content (AvgIpc) is 3.19. The van der Waals surface area contributed by atoms with Crippen LogP contribution in [0.1, 0.15) is 30.7 Å². The molecule has 0 spiro atoms. The minimum Gasteiger partial charge on any atom is -0.352 e. The number of piperidine rings is 1. The van der Waals surface area contributed by atoms with Gasteiger partial charge in [0.2, 0.25) is 5.91 Å². The summed E-state index contributed by atoms with van der Waals surface area (Å²) < 4.78 is 0. The molecule has 3 atom stereocenters. The van der Waals surface area contributed by atoms with Crippen LogP contribution in [0.4, 0.5) is 0 Å². The third kappa shape index (κ3) is 3.27. The number of carbonyl (C=O) groups excluding carboxylic acids is 1. The average molecular weight is 313 g/mol. The predicted octanol–water partition coefficient (Wildman–Crippen LogP) is 2.97. The van der Waals surface area contributed by atoms with E-state index in [-0.39, 0.29) is 23.8 Å². The number of carbonyl (C=O) groups is 1. The highest BCUT2D eigenvalue weighted by molar-refractivity contribution is 6.34. The maximum atomic E-state index is 12.2. The number of nitrogens with one attached hydrogen (secondary N) is 2. The van der Waals surface area contributed by atoms with Crippen LogP contribution in [-0.2, 0) is 4.79 Å². The van der Waals surface area contributed by atoms with Crippen molar-refractivity contribution in [1.82, 2.24) is 10.6 Å². The Kier molecular flexibility index (Phi) is 4.20. The van der Waals surface area contributed by atoms with E-state index in [0.717, 1.165) is 37.9 Å². The third-order valence-corrected chi connectivity index (χ3v) is 4.52. The molecule has 2 aliphatic rings. The summed E-state index contributed by atoms with van der Waals surface area (Å²) in [7, 11) is 0. The van der Waals surface area contributed by atoms with Crippen LogP contribution in [0.15, 0.2) is 18.2 Å². The first-order valence-electron chi connectivity index (χ1n) is 7.10.